The molecule has 0 radical (unpaired) electrons. The minimum Gasteiger partial charge on any atom is -0.371 e. The van der Waals surface area contributed by atoms with Gasteiger partial charge in [-0.05, 0) is 38.5 Å². The molecule has 2 aromatic carbocycles. The first-order chi connectivity index (χ1) is 10.2. The van der Waals surface area contributed by atoms with Crippen molar-refractivity contribution in [2.45, 2.75) is 25.7 Å². The summed E-state index contributed by atoms with van der Waals surface area (Å²) in [5.41, 5.74) is 1.58. The fraction of sp³-hybridized carbons (Fsp3) is 0.200. The molecular weight excluding hydrogens is 306 g/mol. The lowest BCUT2D eigenvalue weighted by Crippen LogP contribution is -2.12. The third-order valence-corrected chi connectivity index (χ3v) is 4.33. The first kappa shape index (κ1) is 16.0. The Hall–Kier alpha value is -2.41. The largest absolute Gasteiger partial charge is 0.371 e. The topological polar surface area (TPSA) is 86.5 Å². The maximum absolute atomic E-state index is 12.3. The monoisotopic (exact) mass is 321 g/mol. The van der Waals surface area contributed by atoms with Crippen molar-refractivity contribution in [2.24, 2.45) is 0 Å². The van der Waals surface area contributed by atoms with Gasteiger partial charge in [0.2, 0.25) is 5.75 Å². The van der Waals surface area contributed by atoms with Crippen molar-refractivity contribution in [1.82, 2.24) is 0 Å². The fourth-order valence-electron chi connectivity index (χ4n) is 2.04. The van der Waals surface area contributed by atoms with E-state index in [0.29, 0.717) is 11.1 Å². The van der Waals surface area contributed by atoms with Gasteiger partial charge in [0.25, 0.3) is 0 Å². The van der Waals surface area contributed by atoms with Crippen LogP contribution in [0.25, 0.3) is 0 Å². The van der Waals surface area contributed by atoms with Crippen LogP contribution in [0, 0.1) is 30.9 Å². The highest BCUT2D eigenvalue weighted by molar-refractivity contribution is 7.87. The minimum absolute atomic E-state index is 0.0487. The van der Waals surface area contributed by atoms with E-state index in [2.05, 4.69) is 0 Å². The first-order valence-corrected chi connectivity index (χ1v) is 7.88. The third kappa shape index (κ3) is 3.25. The second-order valence-corrected chi connectivity index (χ2v) is 6.58. The van der Waals surface area contributed by atoms with E-state index in [4.69, 9.17) is 4.18 Å². The van der Waals surface area contributed by atoms with Gasteiger partial charge in [0.15, 0.2) is 0 Å². The normalized spacial score (nSPS) is 11.2. The van der Waals surface area contributed by atoms with Crippen LogP contribution < -0.4 is 4.18 Å². The van der Waals surface area contributed by atoms with Gasteiger partial charge in [0, 0.05) is 11.6 Å². The molecule has 6 nitrogen and oxygen atoms in total. The molecule has 2 aromatic rings. The van der Waals surface area contributed by atoms with Crippen LogP contribution >= 0.6 is 0 Å². The zero-order valence-electron chi connectivity index (χ0n) is 12.4. The maximum Gasteiger partial charge on any atom is 0.339 e. The van der Waals surface area contributed by atoms with Gasteiger partial charge in [-0.3, -0.25) is 10.1 Å². The molecule has 7 heteroatoms. The Labute approximate surface area is 128 Å². The Morgan fingerprint density at radius 2 is 1.59 bits per heavy atom. The summed E-state index contributed by atoms with van der Waals surface area (Å²) in [6.07, 6.45) is 0. The van der Waals surface area contributed by atoms with Crippen LogP contribution in [-0.4, -0.2) is 13.3 Å². The molecule has 0 N–H and O–H groups in total. The molecule has 0 aliphatic rings. The third-order valence-electron chi connectivity index (χ3n) is 3.10. The van der Waals surface area contributed by atoms with Crippen molar-refractivity contribution in [3.63, 3.8) is 0 Å². The first-order valence-electron chi connectivity index (χ1n) is 6.47. The predicted octanol–water partition coefficient (Wildman–Crippen LogP) is 3.29. The molecule has 0 saturated heterocycles. The number of nitro groups is 1. The van der Waals surface area contributed by atoms with Crippen molar-refractivity contribution in [2.75, 3.05) is 0 Å². The van der Waals surface area contributed by atoms with Crippen LogP contribution in [0.15, 0.2) is 41.3 Å². The fourth-order valence-corrected chi connectivity index (χ4v) is 3.04. The van der Waals surface area contributed by atoms with Gasteiger partial charge in [-0.15, -0.1) is 0 Å². The van der Waals surface area contributed by atoms with Gasteiger partial charge in [-0.2, -0.15) is 8.42 Å². The van der Waals surface area contributed by atoms with Gasteiger partial charge in [-0.25, -0.2) is 0 Å². The highest BCUT2D eigenvalue weighted by Gasteiger charge is 2.25. The average molecular weight is 321 g/mol. The number of nitro benzene ring substituents is 1. The van der Waals surface area contributed by atoms with E-state index < -0.39 is 15.0 Å². The van der Waals surface area contributed by atoms with Gasteiger partial charge >= 0.3 is 15.8 Å². The van der Waals surface area contributed by atoms with E-state index in [1.165, 1.54) is 18.2 Å². The molecule has 0 amide bonds. The minimum atomic E-state index is -4.13. The summed E-state index contributed by atoms with van der Waals surface area (Å²) in [6.45, 7) is 5.09. The molecule has 0 atom stereocenters. The van der Waals surface area contributed by atoms with Gasteiger partial charge in [0.1, 0.15) is 4.90 Å². The molecule has 0 heterocycles. The summed E-state index contributed by atoms with van der Waals surface area (Å²) in [6, 6.07) is 8.99. The number of rotatable bonds is 4. The molecule has 0 aromatic heterocycles. The second-order valence-electron chi connectivity index (χ2n) is 5.04. The van der Waals surface area contributed by atoms with Crippen molar-refractivity contribution in [1.29, 1.82) is 0 Å². The summed E-state index contributed by atoms with van der Waals surface area (Å²) in [5, 5.41) is 11.1. The summed E-state index contributed by atoms with van der Waals surface area (Å²) in [4.78, 5) is 10.4. The molecule has 0 fully saturated rings. The van der Waals surface area contributed by atoms with Crippen LogP contribution in [0.5, 0.6) is 5.75 Å². The second kappa shape index (κ2) is 5.76. The lowest BCUT2D eigenvalue weighted by Gasteiger charge is -2.10. The Morgan fingerprint density at radius 3 is 2.14 bits per heavy atom. The molecule has 2 rings (SSSR count). The SMILES string of the molecule is Cc1ccc(S(=O)(=O)Oc2c(C)cc(C)cc2[N+](=O)[O-])cc1. The smallest absolute Gasteiger partial charge is 0.339 e. The number of hydrogen-bond donors (Lipinski definition) is 0. The summed E-state index contributed by atoms with van der Waals surface area (Å²) < 4.78 is 29.6. The standard InChI is InChI=1S/C15H15NO5S/c1-10-4-6-13(7-5-10)22(19,20)21-15-12(3)8-11(2)9-14(15)16(17)18/h4-9H,1-3H3. The van der Waals surface area contributed by atoms with E-state index >= 15 is 0 Å². The zero-order chi connectivity index (χ0) is 16.5. The highest BCUT2D eigenvalue weighted by Crippen LogP contribution is 2.34. The molecule has 116 valence electrons. The number of hydrogen-bond acceptors (Lipinski definition) is 5. The Kier molecular flexibility index (Phi) is 4.18. The summed E-state index contributed by atoms with van der Waals surface area (Å²) in [7, 11) is -4.13. The van der Waals surface area contributed by atoms with Gasteiger partial charge < -0.3 is 4.18 Å². The average Bonchev–Trinajstić information content (AvgIpc) is 2.41. The molecule has 0 aliphatic heterocycles. The van der Waals surface area contributed by atoms with Crippen LogP contribution in [-0.2, 0) is 10.1 Å². The van der Waals surface area contributed by atoms with Crippen LogP contribution in [0.3, 0.4) is 0 Å². The molecule has 0 aliphatic carbocycles. The van der Waals surface area contributed by atoms with Crippen LogP contribution in [0.4, 0.5) is 5.69 Å². The van der Waals surface area contributed by atoms with Crippen LogP contribution in [0.1, 0.15) is 16.7 Å². The van der Waals surface area contributed by atoms with Crippen LogP contribution in [0.2, 0.25) is 0 Å². The van der Waals surface area contributed by atoms with Crippen molar-refractivity contribution in [3.8, 4) is 5.75 Å². The molecular formula is C15H15NO5S. The van der Waals surface area contributed by atoms with E-state index in [-0.39, 0.29) is 16.3 Å². The van der Waals surface area contributed by atoms with E-state index in [9.17, 15) is 18.5 Å². The predicted molar refractivity (Wildman–Crippen MR) is 81.6 cm³/mol. The molecule has 0 bridgehead atoms. The van der Waals surface area contributed by atoms with Crippen molar-refractivity contribution < 1.29 is 17.5 Å². The van der Waals surface area contributed by atoms with E-state index in [0.717, 1.165) is 5.56 Å². The summed E-state index contributed by atoms with van der Waals surface area (Å²) in [5.74, 6) is -0.254. The van der Waals surface area contributed by atoms with E-state index in [1.54, 1.807) is 32.0 Å². The quantitative estimate of drug-likeness (QED) is 0.490. The Balaban J connectivity index is 2.50. The van der Waals surface area contributed by atoms with Gasteiger partial charge in [-0.1, -0.05) is 23.8 Å². The Morgan fingerprint density at radius 1 is 1.00 bits per heavy atom. The summed E-state index contributed by atoms with van der Waals surface area (Å²) >= 11 is 0. The number of benzene rings is 2. The lowest BCUT2D eigenvalue weighted by molar-refractivity contribution is -0.385. The Bertz CT molecular complexity index is 826. The molecule has 0 saturated carbocycles. The maximum atomic E-state index is 12.3. The zero-order valence-corrected chi connectivity index (χ0v) is 13.2. The highest BCUT2D eigenvalue weighted by atomic mass is 32.2. The molecule has 22 heavy (non-hydrogen) atoms. The van der Waals surface area contributed by atoms with Gasteiger partial charge in [0.05, 0.1) is 4.92 Å². The lowest BCUT2D eigenvalue weighted by atomic mass is 10.1. The van der Waals surface area contributed by atoms with Crippen molar-refractivity contribution >= 4 is 15.8 Å². The number of nitrogens with zero attached hydrogens (tertiary/aromatic N) is 1. The molecule has 0 unspecified atom stereocenters. The number of aryl methyl sites for hydroxylation is 3. The van der Waals surface area contributed by atoms with E-state index in [1.807, 2.05) is 6.92 Å². The van der Waals surface area contributed by atoms with Crippen molar-refractivity contribution in [3.05, 3.63) is 63.2 Å². The molecule has 0 spiro atoms.